The van der Waals surface area contributed by atoms with E-state index in [4.69, 9.17) is 4.74 Å². The quantitative estimate of drug-likeness (QED) is 0.479. The Labute approximate surface area is 114 Å². The van der Waals surface area contributed by atoms with Crippen molar-refractivity contribution < 1.29 is 19.2 Å². The van der Waals surface area contributed by atoms with Crippen molar-refractivity contribution in [2.75, 3.05) is 31.6 Å². The Morgan fingerprint density at radius 2 is 1.90 bits per heavy atom. The minimum Gasteiger partial charge on any atom is -0.378 e. The van der Waals surface area contributed by atoms with E-state index in [0.717, 1.165) is 0 Å². The molecule has 2 amide bonds. The van der Waals surface area contributed by atoms with Crippen molar-refractivity contribution in [2.45, 2.75) is 0 Å². The van der Waals surface area contributed by atoms with Crippen molar-refractivity contribution in [1.82, 2.24) is 4.90 Å². The van der Waals surface area contributed by atoms with E-state index in [-0.39, 0.29) is 11.4 Å². The fourth-order valence-electron chi connectivity index (χ4n) is 1.82. The Hall–Kier alpha value is -2.48. The molecule has 2 rings (SSSR count). The van der Waals surface area contributed by atoms with Gasteiger partial charge < -0.3 is 15.0 Å². The minimum absolute atomic E-state index is 0.00381. The molecule has 0 saturated carbocycles. The van der Waals surface area contributed by atoms with Crippen LogP contribution in [0.3, 0.4) is 0 Å². The third kappa shape index (κ3) is 3.09. The molecule has 1 aromatic carbocycles. The van der Waals surface area contributed by atoms with Crippen LogP contribution in [0.1, 0.15) is 0 Å². The van der Waals surface area contributed by atoms with E-state index in [2.05, 4.69) is 5.32 Å². The third-order valence-corrected chi connectivity index (χ3v) is 2.84. The first kappa shape index (κ1) is 13.9. The van der Waals surface area contributed by atoms with Gasteiger partial charge in [-0.05, 0) is 6.07 Å². The summed E-state index contributed by atoms with van der Waals surface area (Å²) in [5.41, 5.74) is -0.250. The van der Waals surface area contributed by atoms with Gasteiger partial charge in [-0.25, -0.2) is 0 Å². The van der Waals surface area contributed by atoms with Gasteiger partial charge in [0, 0.05) is 19.2 Å². The first-order valence-electron chi connectivity index (χ1n) is 6.01. The Kier molecular flexibility index (Phi) is 4.26. The normalized spacial score (nSPS) is 14.7. The zero-order chi connectivity index (χ0) is 14.5. The summed E-state index contributed by atoms with van der Waals surface area (Å²) < 4.78 is 5.08. The van der Waals surface area contributed by atoms with Crippen LogP contribution in [-0.2, 0) is 14.3 Å². The van der Waals surface area contributed by atoms with Crippen LogP contribution in [0.5, 0.6) is 0 Å². The van der Waals surface area contributed by atoms with Gasteiger partial charge in [0.1, 0.15) is 5.69 Å². The summed E-state index contributed by atoms with van der Waals surface area (Å²) >= 11 is 0. The van der Waals surface area contributed by atoms with Gasteiger partial charge in [0.15, 0.2) is 0 Å². The average Bonchev–Trinajstić information content (AvgIpc) is 2.47. The number of nitro groups is 1. The number of carbonyl (C=O) groups excluding carboxylic acids is 2. The Balaban J connectivity index is 2.07. The molecular formula is C12H13N3O5. The van der Waals surface area contributed by atoms with E-state index in [0.29, 0.717) is 26.3 Å². The number of carbonyl (C=O) groups is 2. The number of amides is 2. The number of hydrogen-bond acceptors (Lipinski definition) is 5. The first-order chi connectivity index (χ1) is 9.59. The van der Waals surface area contributed by atoms with Crippen LogP contribution < -0.4 is 5.32 Å². The summed E-state index contributed by atoms with van der Waals surface area (Å²) in [5, 5.41) is 13.1. The second kappa shape index (κ2) is 6.11. The zero-order valence-corrected chi connectivity index (χ0v) is 10.6. The lowest BCUT2D eigenvalue weighted by Crippen LogP contribution is -2.45. The largest absolute Gasteiger partial charge is 0.378 e. The predicted molar refractivity (Wildman–Crippen MR) is 69.1 cm³/mol. The van der Waals surface area contributed by atoms with E-state index < -0.39 is 16.7 Å². The molecule has 0 radical (unpaired) electrons. The van der Waals surface area contributed by atoms with Gasteiger partial charge in [-0.2, -0.15) is 0 Å². The van der Waals surface area contributed by atoms with Crippen LogP contribution in [0.25, 0.3) is 0 Å². The van der Waals surface area contributed by atoms with Gasteiger partial charge in [0.25, 0.3) is 5.69 Å². The van der Waals surface area contributed by atoms with Crippen molar-refractivity contribution in [2.24, 2.45) is 0 Å². The van der Waals surface area contributed by atoms with E-state index in [1.807, 2.05) is 0 Å². The molecule has 0 aromatic heterocycles. The van der Waals surface area contributed by atoms with Gasteiger partial charge >= 0.3 is 11.8 Å². The maximum absolute atomic E-state index is 11.9. The number of hydrogen-bond donors (Lipinski definition) is 1. The molecule has 0 bridgehead atoms. The van der Waals surface area contributed by atoms with Crippen LogP contribution in [0, 0.1) is 10.1 Å². The van der Waals surface area contributed by atoms with Crippen LogP contribution in [0.4, 0.5) is 11.4 Å². The highest BCUT2D eigenvalue weighted by Gasteiger charge is 2.25. The molecule has 1 saturated heterocycles. The maximum Gasteiger partial charge on any atom is 0.314 e. The molecule has 0 unspecified atom stereocenters. The van der Waals surface area contributed by atoms with Crippen molar-refractivity contribution in [3.63, 3.8) is 0 Å². The molecule has 1 N–H and O–H groups in total. The van der Waals surface area contributed by atoms with Crippen LogP contribution >= 0.6 is 0 Å². The van der Waals surface area contributed by atoms with Crippen LogP contribution in [0.15, 0.2) is 24.3 Å². The zero-order valence-electron chi connectivity index (χ0n) is 10.6. The SMILES string of the molecule is O=C(Nc1ccccc1[N+](=O)[O-])C(=O)N1CCOCC1. The number of nitrogens with one attached hydrogen (secondary N) is 1. The molecule has 106 valence electrons. The highest BCUT2D eigenvalue weighted by atomic mass is 16.6. The fraction of sp³-hybridized carbons (Fsp3) is 0.333. The molecule has 8 heteroatoms. The second-order valence-electron chi connectivity index (χ2n) is 4.13. The van der Waals surface area contributed by atoms with E-state index in [1.165, 1.54) is 23.1 Å². The van der Waals surface area contributed by atoms with Crippen molar-refractivity contribution in [1.29, 1.82) is 0 Å². The first-order valence-corrected chi connectivity index (χ1v) is 6.01. The predicted octanol–water partition coefficient (Wildman–Crippen LogP) is 0.392. The van der Waals surface area contributed by atoms with Crippen molar-refractivity contribution >= 4 is 23.2 Å². The number of morpholine rings is 1. The van der Waals surface area contributed by atoms with Crippen molar-refractivity contribution in [3.05, 3.63) is 34.4 Å². The number of para-hydroxylation sites is 2. The molecular weight excluding hydrogens is 266 g/mol. The summed E-state index contributed by atoms with van der Waals surface area (Å²) in [6, 6.07) is 5.66. The third-order valence-electron chi connectivity index (χ3n) is 2.84. The lowest BCUT2D eigenvalue weighted by molar-refractivity contribution is -0.383. The van der Waals surface area contributed by atoms with Crippen molar-refractivity contribution in [3.8, 4) is 0 Å². The number of nitrogens with zero attached hydrogens (tertiary/aromatic N) is 2. The number of nitro benzene ring substituents is 1. The average molecular weight is 279 g/mol. The lowest BCUT2D eigenvalue weighted by atomic mass is 10.2. The minimum atomic E-state index is -0.888. The number of anilines is 1. The van der Waals surface area contributed by atoms with Gasteiger partial charge in [0.05, 0.1) is 18.1 Å². The highest BCUT2D eigenvalue weighted by molar-refractivity contribution is 6.39. The summed E-state index contributed by atoms with van der Waals surface area (Å²) in [6.45, 7) is 1.43. The van der Waals surface area contributed by atoms with Gasteiger partial charge in [-0.3, -0.25) is 19.7 Å². The van der Waals surface area contributed by atoms with Gasteiger partial charge in [0.2, 0.25) is 0 Å². The molecule has 1 aliphatic rings. The fourth-order valence-corrected chi connectivity index (χ4v) is 1.82. The standard InChI is InChI=1S/C12H13N3O5/c16-11(12(17)14-5-7-20-8-6-14)13-9-3-1-2-4-10(9)15(18)19/h1-4H,5-8H2,(H,13,16). The van der Waals surface area contributed by atoms with Gasteiger partial charge in [-0.1, -0.05) is 12.1 Å². The van der Waals surface area contributed by atoms with E-state index >= 15 is 0 Å². The molecule has 8 nitrogen and oxygen atoms in total. The molecule has 1 aliphatic heterocycles. The number of ether oxygens (including phenoxy) is 1. The summed E-state index contributed by atoms with van der Waals surface area (Å²) in [4.78, 5) is 35.2. The van der Waals surface area contributed by atoms with Gasteiger partial charge in [-0.15, -0.1) is 0 Å². The molecule has 0 aliphatic carbocycles. The number of rotatable bonds is 2. The summed E-state index contributed by atoms with van der Waals surface area (Å²) in [7, 11) is 0. The molecule has 1 fully saturated rings. The molecule has 1 aromatic rings. The monoisotopic (exact) mass is 279 g/mol. The Morgan fingerprint density at radius 1 is 1.25 bits per heavy atom. The van der Waals surface area contributed by atoms with E-state index in [1.54, 1.807) is 6.07 Å². The second-order valence-corrected chi connectivity index (χ2v) is 4.13. The lowest BCUT2D eigenvalue weighted by Gasteiger charge is -2.26. The topological polar surface area (TPSA) is 102 Å². The molecule has 0 atom stereocenters. The van der Waals surface area contributed by atoms with Crippen LogP contribution in [0.2, 0.25) is 0 Å². The molecule has 1 heterocycles. The number of benzene rings is 1. The smallest absolute Gasteiger partial charge is 0.314 e. The molecule has 0 spiro atoms. The Morgan fingerprint density at radius 3 is 2.55 bits per heavy atom. The summed E-state index contributed by atoms with van der Waals surface area (Å²) in [6.07, 6.45) is 0. The highest BCUT2D eigenvalue weighted by Crippen LogP contribution is 2.23. The maximum atomic E-state index is 11.9. The van der Waals surface area contributed by atoms with E-state index in [9.17, 15) is 19.7 Å². The van der Waals surface area contributed by atoms with Crippen LogP contribution in [-0.4, -0.2) is 47.9 Å². The summed E-state index contributed by atoms with van der Waals surface area (Å²) in [5.74, 6) is -1.60. The Bertz CT molecular complexity index is 540. The molecule has 20 heavy (non-hydrogen) atoms.